The van der Waals surface area contributed by atoms with E-state index in [9.17, 15) is 4.21 Å². The Morgan fingerprint density at radius 3 is 2.90 bits per heavy atom. The summed E-state index contributed by atoms with van der Waals surface area (Å²) in [6.07, 6.45) is 0. The zero-order chi connectivity index (χ0) is 14.7. The number of imidazole rings is 1. The number of nitrogens with zero attached hydrogens (tertiary/aromatic N) is 3. The van der Waals surface area contributed by atoms with E-state index in [2.05, 4.69) is 11.1 Å². The van der Waals surface area contributed by atoms with Gasteiger partial charge in [0, 0.05) is 28.9 Å². The molecule has 20 heavy (non-hydrogen) atoms. The van der Waals surface area contributed by atoms with Crippen LogP contribution in [0.4, 0.5) is 0 Å². The quantitative estimate of drug-likeness (QED) is 0.798. The summed E-state index contributed by atoms with van der Waals surface area (Å²) < 4.78 is 13.6. The van der Waals surface area contributed by atoms with E-state index >= 15 is 0 Å². The average Bonchev–Trinajstić information content (AvgIpc) is 2.83. The predicted molar refractivity (Wildman–Crippen MR) is 82.3 cm³/mol. The number of para-hydroxylation sites is 1. The number of benzene rings is 1. The lowest BCUT2D eigenvalue weighted by atomic mass is 10.2. The lowest BCUT2D eigenvalue weighted by molar-refractivity contribution is 0.669. The van der Waals surface area contributed by atoms with Crippen LogP contribution in [0.3, 0.4) is 0 Å². The molecule has 0 saturated heterocycles. The summed E-state index contributed by atoms with van der Waals surface area (Å²) in [5.74, 6) is 1.93. The molecule has 0 bridgehead atoms. The topological polar surface area (TPSA) is 58.7 Å². The van der Waals surface area contributed by atoms with Crippen LogP contribution >= 0.6 is 11.6 Å². The van der Waals surface area contributed by atoms with E-state index in [1.54, 1.807) is 6.07 Å². The molecular formula is C14H16ClN3OS. The van der Waals surface area contributed by atoms with Crippen LogP contribution in [0.5, 0.6) is 0 Å². The van der Waals surface area contributed by atoms with E-state index in [1.165, 1.54) is 0 Å². The van der Waals surface area contributed by atoms with Crippen molar-refractivity contribution in [3.8, 4) is 6.07 Å². The zero-order valence-corrected chi connectivity index (χ0v) is 13.0. The van der Waals surface area contributed by atoms with Gasteiger partial charge in [-0.1, -0.05) is 13.0 Å². The van der Waals surface area contributed by atoms with Gasteiger partial charge >= 0.3 is 0 Å². The Morgan fingerprint density at radius 2 is 2.30 bits per heavy atom. The average molecular weight is 310 g/mol. The van der Waals surface area contributed by atoms with Crippen molar-refractivity contribution in [2.45, 2.75) is 25.8 Å². The lowest BCUT2D eigenvalue weighted by Crippen LogP contribution is -2.12. The number of nitriles is 1. The highest BCUT2D eigenvalue weighted by atomic mass is 35.5. The minimum Gasteiger partial charge on any atom is -0.326 e. The molecule has 0 spiro atoms. The highest BCUT2D eigenvalue weighted by molar-refractivity contribution is 7.84. The molecule has 6 heteroatoms. The summed E-state index contributed by atoms with van der Waals surface area (Å²) in [4.78, 5) is 4.50. The van der Waals surface area contributed by atoms with Gasteiger partial charge in [-0.05, 0) is 19.1 Å². The van der Waals surface area contributed by atoms with Crippen molar-refractivity contribution >= 4 is 33.4 Å². The van der Waals surface area contributed by atoms with Crippen LogP contribution < -0.4 is 0 Å². The highest BCUT2D eigenvalue weighted by Gasteiger charge is 2.17. The monoisotopic (exact) mass is 309 g/mol. The molecule has 106 valence electrons. The minimum absolute atomic E-state index is 0.260. The van der Waals surface area contributed by atoms with Gasteiger partial charge in [0.1, 0.15) is 17.4 Å². The fourth-order valence-electron chi connectivity index (χ4n) is 2.13. The predicted octanol–water partition coefficient (Wildman–Crippen LogP) is 2.98. The molecule has 2 aromatic rings. The number of fused-ring (bicyclic) bond motifs is 1. The molecule has 0 aliphatic rings. The standard InChI is InChI=1S/C14H16ClN3OS/c1-3-20(19)8-7-18-12-6-4-5-11(9-16)13(12)17-14(18)10(2)15/h4-6,10H,3,7-8H2,1-2H3. The molecule has 1 aromatic carbocycles. The first-order valence-electron chi connectivity index (χ1n) is 6.46. The fraction of sp³-hybridized carbons (Fsp3) is 0.429. The first kappa shape index (κ1) is 15.0. The molecule has 0 amide bonds. The van der Waals surface area contributed by atoms with Crippen LogP contribution in [0.1, 0.15) is 30.6 Å². The van der Waals surface area contributed by atoms with Crippen molar-refractivity contribution in [3.05, 3.63) is 29.6 Å². The highest BCUT2D eigenvalue weighted by Crippen LogP contribution is 2.26. The summed E-state index contributed by atoms with van der Waals surface area (Å²) >= 11 is 6.18. The van der Waals surface area contributed by atoms with Gasteiger partial charge in [-0.2, -0.15) is 5.26 Å². The SMILES string of the molecule is CCS(=O)CCn1c(C(C)Cl)nc2c(C#N)cccc21. The van der Waals surface area contributed by atoms with Crippen molar-refractivity contribution in [1.82, 2.24) is 9.55 Å². The van der Waals surface area contributed by atoms with Crippen LogP contribution in [0.15, 0.2) is 18.2 Å². The zero-order valence-electron chi connectivity index (χ0n) is 11.5. The maximum Gasteiger partial charge on any atom is 0.127 e. The van der Waals surface area contributed by atoms with Crippen LogP contribution in [-0.2, 0) is 17.3 Å². The van der Waals surface area contributed by atoms with Crippen LogP contribution in [0, 0.1) is 11.3 Å². The molecule has 1 aromatic heterocycles. The fourth-order valence-corrected chi connectivity index (χ4v) is 2.97. The number of alkyl halides is 1. The number of hydrogen-bond acceptors (Lipinski definition) is 3. The van der Waals surface area contributed by atoms with E-state index in [1.807, 2.05) is 30.5 Å². The van der Waals surface area contributed by atoms with Gasteiger partial charge in [0.2, 0.25) is 0 Å². The van der Waals surface area contributed by atoms with Crippen LogP contribution in [0.25, 0.3) is 11.0 Å². The maximum atomic E-state index is 11.6. The number of aryl methyl sites for hydroxylation is 1. The van der Waals surface area contributed by atoms with Gasteiger partial charge in [0.15, 0.2) is 0 Å². The molecule has 2 unspecified atom stereocenters. The first-order chi connectivity index (χ1) is 9.58. The lowest BCUT2D eigenvalue weighted by Gasteiger charge is -2.09. The van der Waals surface area contributed by atoms with E-state index in [0.717, 1.165) is 11.3 Å². The molecule has 2 atom stereocenters. The van der Waals surface area contributed by atoms with Crippen molar-refractivity contribution < 1.29 is 4.21 Å². The number of aromatic nitrogens is 2. The Kier molecular flexibility index (Phi) is 4.79. The second-order valence-electron chi connectivity index (χ2n) is 4.46. The molecule has 0 aliphatic heterocycles. The summed E-state index contributed by atoms with van der Waals surface area (Å²) in [7, 11) is -0.840. The summed E-state index contributed by atoms with van der Waals surface area (Å²) in [6, 6.07) is 7.64. The molecular weight excluding hydrogens is 294 g/mol. The van der Waals surface area contributed by atoms with Crippen LogP contribution in [0.2, 0.25) is 0 Å². The molecule has 0 fully saturated rings. The van der Waals surface area contributed by atoms with Gasteiger partial charge in [0.25, 0.3) is 0 Å². The van der Waals surface area contributed by atoms with Gasteiger partial charge in [-0.3, -0.25) is 4.21 Å². The molecule has 0 aliphatic carbocycles. The second-order valence-corrected chi connectivity index (χ2v) is 6.98. The van der Waals surface area contributed by atoms with Crippen LogP contribution in [-0.4, -0.2) is 25.3 Å². The summed E-state index contributed by atoms with van der Waals surface area (Å²) in [5, 5.41) is 8.89. The molecule has 1 heterocycles. The van der Waals surface area contributed by atoms with Gasteiger partial charge in [0.05, 0.1) is 16.5 Å². The normalized spacial score (nSPS) is 14.1. The Balaban J connectivity index is 2.52. The number of halogens is 1. The Morgan fingerprint density at radius 1 is 1.55 bits per heavy atom. The van der Waals surface area contributed by atoms with Crippen molar-refractivity contribution in [1.29, 1.82) is 5.26 Å². The molecule has 0 radical (unpaired) electrons. The summed E-state index contributed by atoms with van der Waals surface area (Å²) in [6.45, 7) is 4.35. The third kappa shape index (κ3) is 2.87. The Labute approximate surface area is 125 Å². The third-order valence-corrected chi connectivity index (χ3v) is 4.63. The minimum atomic E-state index is -0.840. The van der Waals surface area contributed by atoms with Crippen molar-refractivity contribution in [2.75, 3.05) is 11.5 Å². The largest absolute Gasteiger partial charge is 0.326 e. The van der Waals surface area contributed by atoms with Crippen molar-refractivity contribution in [2.24, 2.45) is 0 Å². The van der Waals surface area contributed by atoms with E-state index in [-0.39, 0.29) is 5.38 Å². The molecule has 4 nitrogen and oxygen atoms in total. The van der Waals surface area contributed by atoms with Gasteiger partial charge in [-0.15, -0.1) is 11.6 Å². The Hall–Kier alpha value is -1.38. The van der Waals surface area contributed by atoms with E-state index in [4.69, 9.17) is 16.9 Å². The Bertz CT molecular complexity index is 688. The van der Waals surface area contributed by atoms with Crippen molar-refractivity contribution in [3.63, 3.8) is 0 Å². The maximum absolute atomic E-state index is 11.6. The first-order valence-corrected chi connectivity index (χ1v) is 8.39. The molecule has 0 saturated carbocycles. The number of rotatable bonds is 5. The smallest absolute Gasteiger partial charge is 0.127 e. The van der Waals surface area contributed by atoms with Gasteiger partial charge < -0.3 is 4.57 Å². The number of hydrogen-bond donors (Lipinski definition) is 0. The molecule has 2 rings (SSSR count). The van der Waals surface area contributed by atoms with E-state index < -0.39 is 10.8 Å². The van der Waals surface area contributed by atoms with E-state index in [0.29, 0.717) is 29.1 Å². The molecule has 0 N–H and O–H groups in total. The third-order valence-electron chi connectivity index (χ3n) is 3.15. The second kappa shape index (κ2) is 6.38. The van der Waals surface area contributed by atoms with Gasteiger partial charge in [-0.25, -0.2) is 4.98 Å². The summed E-state index contributed by atoms with van der Waals surface area (Å²) in [5.41, 5.74) is 2.08.